The van der Waals surface area contributed by atoms with Gasteiger partial charge in [-0.1, -0.05) is 12.1 Å². The van der Waals surface area contributed by atoms with Gasteiger partial charge in [-0.2, -0.15) is 0 Å². The molecule has 3 N–H and O–H groups in total. The second-order valence-electron chi connectivity index (χ2n) is 6.58. The van der Waals surface area contributed by atoms with Gasteiger partial charge in [-0.05, 0) is 37.0 Å². The van der Waals surface area contributed by atoms with Crippen LogP contribution in [0.15, 0.2) is 36.7 Å². The van der Waals surface area contributed by atoms with Gasteiger partial charge in [-0.3, -0.25) is 4.40 Å². The molecule has 1 saturated carbocycles. The Labute approximate surface area is 149 Å². The summed E-state index contributed by atoms with van der Waals surface area (Å²) in [6.07, 6.45) is 3.69. The molecule has 8 heteroatoms. The van der Waals surface area contributed by atoms with Gasteiger partial charge in [0.15, 0.2) is 5.82 Å². The molecule has 0 aliphatic heterocycles. The monoisotopic (exact) mass is 357 g/mol. The maximum atomic E-state index is 13.2. The molecule has 26 heavy (non-hydrogen) atoms. The van der Waals surface area contributed by atoms with Crippen molar-refractivity contribution in [1.29, 1.82) is 0 Å². The summed E-state index contributed by atoms with van der Waals surface area (Å²) in [5, 5.41) is 31.6. The van der Waals surface area contributed by atoms with E-state index in [4.69, 9.17) is 0 Å². The minimum Gasteiger partial charge on any atom is -0.390 e. The largest absolute Gasteiger partial charge is 0.390 e. The van der Waals surface area contributed by atoms with Crippen LogP contribution in [0.4, 0.5) is 10.2 Å². The molecule has 0 bridgehead atoms. The summed E-state index contributed by atoms with van der Waals surface area (Å²) in [5.74, 6) is 0.708. The van der Waals surface area contributed by atoms with Crippen LogP contribution in [0.2, 0.25) is 0 Å². The molecule has 1 aromatic carbocycles. The number of rotatable bonds is 5. The first kappa shape index (κ1) is 16.9. The number of halogens is 1. The second kappa shape index (κ2) is 6.97. The molecule has 3 aromatic rings. The number of aromatic nitrogens is 4. The Hall–Kier alpha value is -2.58. The zero-order valence-electron chi connectivity index (χ0n) is 14.1. The summed E-state index contributed by atoms with van der Waals surface area (Å²) in [6, 6.07) is 6.50. The van der Waals surface area contributed by atoms with Gasteiger partial charge in [0.2, 0.25) is 5.65 Å². The molecule has 0 unspecified atom stereocenters. The molecule has 4 rings (SSSR count). The maximum absolute atomic E-state index is 13.2. The van der Waals surface area contributed by atoms with Crippen molar-refractivity contribution in [3.05, 3.63) is 53.9 Å². The average Bonchev–Trinajstić information content (AvgIpc) is 3.20. The van der Waals surface area contributed by atoms with Crippen molar-refractivity contribution in [3.8, 4) is 0 Å². The maximum Gasteiger partial charge on any atom is 0.203 e. The molecular weight excluding hydrogens is 337 g/mol. The van der Waals surface area contributed by atoms with Gasteiger partial charge in [0.05, 0.1) is 12.2 Å². The van der Waals surface area contributed by atoms with Crippen LogP contribution in [0.3, 0.4) is 0 Å². The Kier molecular flexibility index (Phi) is 4.52. The van der Waals surface area contributed by atoms with E-state index in [9.17, 15) is 14.6 Å². The number of fused-ring (bicyclic) bond motifs is 1. The lowest BCUT2D eigenvalue weighted by Crippen LogP contribution is -2.24. The molecule has 1 fully saturated rings. The van der Waals surface area contributed by atoms with Crippen molar-refractivity contribution >= 4 is 11.5 Å². The Balaban J connectivity index is 1.52. The number of aliphatic hydroxyl groups is 2. The van der Waals surface area contributed by atoms with E-state index in [1.54, 1.807) is 22.9 Å². The normalized spacial score (nSPS) is 22.8. The van der Waals surface area contributed by atoms with Gasteiger partial charge in [0.25, 0.3) is 0 Å². The van der Waals surface area contributed by atoms with Crippen LogP contribution in [-0.4, -0.2) is 48.5 Å². The Morgan fingerprint density at radius 2 is 2.12 bits per heavy atom. The Bertz CT molecular complexity index is 915. The van der Waals surface area contributed by atoms with Gasteiger partial charge < -0.3 is 15.5 Å². The van der Waals surface area contributed by atoms with E-state index < -0.39 is 12.2 Å². The van der Waals surface area contributed by atoms with Gasteiger partial charge in [-0.25, -0.2) is 9.37 Å². The van der Waals surface area contributed by atoms with Gasteiger partial charge >= 0.3 is 0 Å². The average molecular weight is 357 g/mol. The van der Waals surface area contributed by atoms with Crippen molar-refractivity contribution in [2.75, 3.05) is 11.9 Å². The Morgan fingerprint density at radius 3 is 2.88 bits per heavy atom. The zero-order valence-corrected chi connectivity index (χ0v) is 14.1. The standard InChI is InChI=1S/C18H20FN5O2/c19-12-3-1-2-11(10-12)6-7-20-16-18-23-22-17(24(18)9-8-21-16)13-4-5-14(25)15(13)26/h1-3,8-10,13-15,25-26H,4-7H2,(H,20,21)/t13-,14-,15+/m1/s1. The molecule has 0 radical (unpaired) electrons. The quantitative estimate of drug-likeness (QED) is 0.641. The number of nitrogens with one attached hydrogen (secondary N) is 1. The summed E-state index contributed by atoms with van der Waals surface area (Å²) >= 11 is 0. The fraction of sp³-hybridized carbons (Fsp3) is 0.389. The third kappa shape index (κ3) is 3.13. The van der Waals surface area contributed by atoms with Crippen LogP contribution in [0.1, 0.15) is 30.1 Å². The predicted molar refractivity (Wildman–Crippen MR) is 93.4 cm³/mol. The first-order valence-electron chi connectivity index (χ1n) is 8.67. The van der Waals surface area contributed by atoms with Crippen LogP contribution < -0.4 is 5.32 Å². The summed E-state index contributed by atoms with van der Waals surface area (Å²) < 4.78 is 15.0. The summed E-state index contributed by atoms with van der Waals surface area (Å²) in [7, 11) is 0. The minimum absolute atomic E-state index is 0.248. The number of aliphatic hydroxyl groups excluding tert-OH is 2. The predicted octanol–water partition coefficient (Wildman–Crippen LogP) is 1.52. The summed E-state index contributed by atoms with van der Waals surface area (Å²) in [5.41, 5.74) is 1.46. The zero-order chi connectivity index (χ0) is 18.1. The van der Waals surface area contributed by atoms with Gasteiger partial charge in [-0.15, -0.1) is 10.2 Å². The van der Waals surface area contributed by atoms with Crippen molar-refractivity contribution in [3.63, 3.8) is 0 Å². The Morgan fingerprint density at radius 1 is 1.23 bits per heavy atom. The molecule has 1 aliphatic rings. The molecule has 0 spiro atoms. The van der Waals surface area contributed by atoms with Crippen molar-refractivity contribution in [2.24, 2.45) is 0 Å². The lowest BCUT2D eigenvalue weighted by Gasteiger charge is -2.14. The molecule has 136 valence electrons. The molecule has 2 aromatic heterocycles. The molecule has 7 nitrogen and oxygen atoms in total. The second-order valence-corrected chi connectivity index (χ2v) is 6.58. The van der Waals surface area contributed by atoms with E-state index in [0.717, 1.165) is 5.56 Å². The highest BCUT2D eigenvalue weighted by molar-refractivity contribution is 5.62. The fourth-order valence-corrected chi connectivity index (χ4v) is 3.48. The molecule has 1 aliphatic carbocycles. The van der Waals surface area contributed by atoms with E-state index in [1.165, 1.54) is 12.1 Å². The number of hydrogen-bond donors (Lipinski definition) is 3. The van der Waals surface area contributed by atoms with E-state index in [0.29, 0.717) is 43.1 Å². The third-order valence-corrected chi connectivity index (χ3v) is 4.86. The number of anilines is 1. The first-order valence-corrected chi connectivity index (χ1v) is 8.67. The molecular formula is C18H20FN5O2. The lowest BCUT2D eigenvalue weighted by atomic mass is 10.1. The van der Waals surface area contributed by atoms with Crippen molar-refractivity contribution in [1.82, 2.24) is 19.6 Å². The fourth-order valence-electron chi connectivity index (χ4n) is 3.48. The van der Waals surface area contributed by atoms with Crippen molar-refractivity contribution in [2.45, 2.75) is 37.4 Å². The van der Waals surface area contributed by atoms with Crippen LogP contribution in [0.25, 0.3) is 5.65 Å². The highest BCUT2D eigenvalue weighted by Crippen LogP contribution is 2.34. The minimum atomic E-state index is -0.833. The molecule has 0 amide bonds. The topological polar surface area (TPSA) is 95.6 Å². The molecule has 3 atom stereocenters. The van der Waals surface area contributed by atoms with E-state index >= 15 is 0 Å². The third-order valence-electron chi connectivity index (χ3n) is 4.86. The molecule has 0 saturated heterocycles. The van der Waals surface area contributed by atoms with Gasteiger partial charge in [0.1, 0.15) is 11.6 Å². The van der Waals surface area contributed by atoms with E-state index in [1.807, 2.05) is 6.07 Å². The van der Waals surface area contributed by atoms with E-state index in [-0.39, 0.29) is 11.7 Å². The first-order chi connectivity index (χ1) is 12.6. The number of benzene rings is 1. The number of hydrogen-bond acceptors (Lipinski definition) is 6. The smallest absolute Gasteiger partial charge is 0.203 e. The number of nitrogens with zero attached hydrogens (tertiary/aromatic N) is 4. The summed E-state index contributed by atoms with van der Waals surface area (Å²) in [4.78, 5) is 4.31. The molecule has 2 heterocycles. The summed E-state index contributed by atoms with van der Waals surface area (Å²) in [6.45, 7) is 0.573. The highest BCUT2D eigenvalue weighted by Gasteiger charge is 2.37. The SMILES string of the molecule is O[C@@H]1[C@H](O)CC[C@H]1c1nnc2c(NCCc3cccc(F)c3)nccn12. The van der Waals surface area contributed by atoms with Crippen molar-refractivity contribution < 1.29 is 14.6 Å². The highest BCUT2D eigenvalue weighted by atomic mass is 19.1. The van der Waals surface area contributed by atoms with Crippen LogP contribution in [0, 0.1) is 5.82 Å². The van der Waals surface area contributed by atoms with Crippen LogP contribution in [0.5, 0.6) is 0 Å². The van der Waals surface area contributed by atoms with Crippen LogP contribution in [-0.2, 0) is 6.42 Å². The lowest BCUT2D eigenvalue weighted by molar-refractivity contribution is 0.0338. The van der Waals surface area contributed by atoms with Crippen LogP contribution >= 0.6 is 0 Å². The van der Waals surface area contributed by atoms with E-state index in [2.05, 4.69) is 20.5 Å². The van der Waals surface area contributed by atoms with Gasteiger partial charge in [0, 0.05) is 24.9 Å².